The van der Waals surface area contributed by atoms with Gasteiger partial charge in [0.05, 0.1) is 32.9 Å². The Balaban J connectivity index is 1.97. The first-order valence-electron chi connectivity index (χ1n) is 8.88. The van der Waals surface area contributed by atoms with E-state index in [0.717, 1.165) is 4.31 Å². The third kappa shape index (κ3) is 4.67. The Morgan fingerprint density at radius 2 is 1.63 bits per heavy atom. The second-order valence-electron chi connectivity index (χ2n) is 6.24. The zero-order chi connectivity index (χ0) is 21.7. The summed E-state index contributed by atoms with van der Waals surface area (Å²) in [6.45, 7) is 3.65. The number of hydrogen-bond acceptors (Lipinski definition) is 3. The summed E-state index contributed by atoms with van der Waals surface area (Å²) in [5.74, 6) is -0.479. The van der Waals surface area contributed by atoms with Gasteiger partial charge in [-0.3, -0.25) is 9.10 Å². The molecular formula is C22H18Cl2N2O3S. The average Bonchev–Trinajstić information content (AvgIpc) is 2.74. The zero-order valence-electron chi connectivity index (χ0n) is 15.8. The van der Waals surface area contributed by atoms with Gasteiger partial charge < -0.3 is 5.32 Å². The molecule has 0 unspecified atom stereocenters. The van der Waals surface area contributed by atoms with Crippen LogP contribution in [0.5, 0.6) is 0 Å². The molecule has 0 bridgehead atoms. The molecule has 0 heterocycles. The number of nitrogens with one attached hydrogen (secondary N) is 1. The van der Waals surface area contributed by atoms with Crippen LogP contribution in [0.3, 0.4) is 0 Å². The van der Waals surface area contributed by atoms with Crippen molar-refractivity contribution in [3.8, 4) is 0 Å². The fraction of sp³-hybridized carbons (Fsp3) is 0.0455. The van der Waals surface area contributed by atoms with Gasteiger partial charge in [0.1, 0.15) is 0 Å². The van der Waals surface area contributed by atoms with E-state index in [9.17, 15) is 13.2 Å². The number of sulfonamides is 1. The van der Waals surface area contributed by atoms with E-state index in [1.807, 2.05) is 0 Å². The lowest BCUT2D eigenvalue weighted by molar-refractivity contribution is 0.102. The van der Waals surface area contributed by atoms with Crippen LogP contribution in [-0.2, 0) is 10.0 Å². The molecule has 0 aliphatic carbocycles. The molecule has 1 amide bonds. The highest BCUT2D eigenvalue weighted by Crippen LogP contribution is 2.30. The Labute approximate surface area is 185 Å². The Hall–Kier alpha value is -2.80. The van der Waals surface area contributed by atoms with E-state index in [2.05, 4.69) is 11.9 Å². The van der Waals surface area contributed by atoms with E-state index in [4.69, 9.17) is 23.2 Å². The van der Waals surface area contributed by atoms with Gasteiger partial charge in [0.2, 0.25) is 0 Å². The largest absolute Gasteiger partial charge is 0.321 e. The molecule has 0 spiro atoms. The maximum Gasteiger partial charge on any atom is 0.264 e. The minimum atomic E-state index is -4.00. The van der Waals surface area contributed by atoms with Crippen LogP contribution >= 0.6 is 23.2 Å². The number of carbonyl (C=O) groups excluding carboxylic acids is 1. The lowest BCUT2D eigenvalue weighted by Gasteiger charge is -2.24. The summed E-state index contributed by atoms with van der Waals surface area (Å²) in [6, 6.07) is 19.2. The van der Waals surface area contributed by atoms with Gasteiger partial charge in [-0.25, -0.2) is 8.42 Å². The number of halogens is 2. The van der Waals surface area contributed by atoms with Crippen molar-refractivity contribution >= 4 is 50.5 Å². The van der Waals surface area contributed by atoms with Crippen LogP contribution in [0.4, 0.5) is 11.4 Å². The maximum absolute atomic E-state index is 13.3. The molecule has 1 N–H and O–H groups in total. The van der Waals surface area contributed by atoms with E-state index >= 15 is 0 Å². The molecule has 0 atom stereocenters. The highest BCUT2D eigenvalue weighted by atomic mass is 35.5. The van der Waals surface area contributed by atoms with Crippen LogP contribution in [0.15, 0.2) is 90.3 Å². The maximum atomic E-state index is 13.3. The topological polar surface area (TPSA) is 66.5 Å². The first-order valence-corrected chi connectivity index (χ1v) is 11.1. The van der Waals surface area contributed by atoms with Crippen molar-refractivity contribution < 1.29 is 13.2 Å². The van der Waals surface area contributed by atoms with Crippen molar-refractivity contribution in [3.05, 3.63) is 101 Å². The van der Waals surface area contributed by atoms with Gasteiger partial charge in [-0.2, -0.15) is 0 Å². The normalized spacial score (nSPS) is 11.0. The number of benzene rings is 3. The van der Waals surface area contributed by atoms with E-state index in [0.29, 0.717) is 16.4 Å². The van der Waals surface area contributed by atoms with Gasteiger partial charge >= 0.3 is 0 Å². The molecule has 30 heavy (non-hydrogen) atoms. The van der Waals surface area contributed by atoms with Crippen molar-refractivity contribution in [1.29, 1.82) is 0 Å². The van der Waals surface area contributed by atoms with Gasteiger partial charge in [0.25, 0.3) is 15.9 Å². The van der Waals surface area contributed by atoms with E-state index in [1.165, 1.54) is 30.3 Å². The fourth-order valence-corrected chi connectivity index (χ4v) is 4.75. The van der Waals surface area contributed by atoms with Gasteiger partial charge in [-0.05, 0) is 42.5 Å². The lowest BCUT2D eigenvalue weighted by atomic mass is 10.2. The van der Waals surface area contributed by atoms with Crippen molar-refractivity contribution in [3.63, 3.8) is 0 Å². The van der Waals surface area contributed by atoms with Crippen LogP contribution in [-0.4, -0.2) is 20.9 Å². The SMILES string of the molecule is C=CCN(c1ccccc1Cl)S(=O)(=O)c1cccc(C(=O)Nc2ccccc2Cl)c1. The average molecular weight is 461 g/mol. The molecule has 5 nitrogen and oxygen atoms in total. The standard InChI is InChI=1S/C22H18Cl2N2O3S/c1-2-14-26(21-13-6-4-11-19(21)24)30(28,29)17-9-7-8-16(15-17)22(27)25-20-12-5-3-10-18(20)23/h2-13,15H,1,14H2,(H,25,27). The highest BCUT2D eigenvalue weighted by molar-refractivity contribution is 7.92. The summed E-state index contributed by atoms with van der Waals surface area (Å²) in [5, 5.41) is 3.35. The van der Waals surface area contributed by atoms with E-state index in [-0.39, 0.29) is 22.0 Å². The fourth-order valence-electron chi connectivity index (χ4n) is 2.78. The number of carbonyl (C=O) groups is 1. The van der Waals surface area contributed by atoms with E-state index < -0.39 is 15.9 Å². The summed E-state index contributed by atoms with van der Waals surface area (Å²) < 4.78 is 27.8. The predicted octanol–water partition coefficient (Wildman–Crippen LogP) is 5.63. The van der Waals surface area contributed by atoms with Crippen molar-refractivity contribution in [1.82, 2.24) is 0 Å². The van der Waals surface area contributed by atoms with Crippen molar-refractivity contribution in [2.75, 3.05) is 16.2 Å². The van der Waals surface area contributed by atoms with Gasteiger partial charge in [0, 0.05) is 5.56 Å². The van der Waals surface area contributed by atoms with Crippen LogP contribution in [0.1, 0.15) is 10.4 Å². The van der Waals surface area contributed by atoms with Crippen molar-refractivity contribution in [2.24, 2.45) is 0 Å². The first kappa shape index (κ1) is 21.9. The van der Waals surface area contributed by atoms with Crippen LogP contribution < -0.4 is 9.62 Å². The van der Waals surface area contributed by atoms with Gasteiger partial charge in [-0.15, -0.1) is 6.58 Å². The molecule has 0 aliphatic heterocycles. The molecule has 8 heteroatoms. The first-order chi connectivity index (χ1) is 14.3. The molecule has 3 rings (SSSR count). The number of hydrogen-bond donors (Lipinski definition) is 1. The monoisotopic (exact) mass is 460 g/mol. The minimum absolute atomic E-state index is 0.0160. The van der Waals surface area contributed by atoms with E-state index in [1.54, 1.807) is 48.5 Å². The molecule has 0 saturated heterocycles. The quantitative estimate of drug-likeness (QED) is 0.464. The number of anilines is 2. The smallest absolute Gasteiger partial charge is 0.264 e. The lowest BCUT2D eigenvalue weighted by Crippen LogP contribution is -2.31. The number of rotatable bonds is 7. The zero-order valence-corrected chi connectivity index (χ0v) is 18.1. The molecule has 0 saturated carbocycles. The van der Waals surface area contributed by atoms with Crippen molar-refractivity contribution in [2.45, 2.75) is 4.90 Å². The second kappa shape index (κ2) is 9.34. The number of nitrogens with zero attached hydrogens (tertiary/aromatic N) is 1. The summed E-state index contributed by atoms with van der Waals surface area (Å²) in [5.41, 5.74) is 0.931. The van der Waals surface area contributed by atoms with Crippen LogP contribution in [0.25, 0.3) is 0 Å². The molecular weight excluding hydrogens is 443 g/mol. The van der Waals surface area contributed by atoms with Gasteiger partial charge in [-0.1, -0.05) is 59.6 Å². The highest BCUT2D eigenvalue weighted by Gasteiger charge is 2.26. The summed E-state index contributed by atoms with van der Waals surface area (Å²) in [7, 11) is -4.00. The Bertz CT molecular complexity index is 1200. The van der Waals surface area contributed by atoms with Crippen LogP contribution in [0, 0.1) is 0 Å². The Kier molecular flexibility index (Phi) is 6.82. The summed E-state index contributed by atoms with van der Waals surface area (Å²) in [6.07, 6.45) is 1.47. The van der Waals surface area contributed by atoms with Crippen LogP contribution in [0.2, 0.25) is 10.0 Å². The summed E-state index contributed by atoms with van der Waals surface area (Å²) >= 11 is 12.3. The predicted molar refractivity (Wildman–Crippen MR) is 122 cm³/mol. The third-order valence-corrected chi connectivity index (χ3v) is 6.65. The number of amides is 1. The minimum Gasteiger partial charge on any atom is -0.321 e. The Morgan fingerprint density at radius 1 is 0.967 bits per heavy atom. The molecule has 3 aromatic carbocycles. The molecule has 0 aliphatic rings. The number of para-hydroxylation sites is 2. The Morgan fingerprint density at radius 3 is 2.30 bits per heavy atom. The molecule has 154 valence electrons. The second-order valence-corrected chi connectivity index (χ2v) is 8.91. The summed E-state index contributed by atoms with van der Waals surface area (Å²) in [4.78, 5) is 12.6. The molecule has 3 aromatic rings. The molecule has 0 radical (unpaired) electrons. The molecule has 0 fully saturated rings. The molecule has 0 aromatic heterocycles. The van der Waals surface area contributed by atoms with Gasteiger partial charge in [0.15, 0.2) is 0 Å². The third-order valence-electron chi connectivity index (χ3n) is 4.22.